The standard InChI is InChI=1S/C19H22N4O3/c20-19(21)15-6-8-16(9-7-15)22-10-12-23(13-11-22)26-18(24)14-25-17-4-2-1-3-5-17/h1-9H,10-14H2,(H3,20,21). The number of nitrogens with two attached hydrogens (primary N) is 1. The van der Waals surface area contributed by atoms with Gasteiger partial charge in [0.1, 0.15) is 11.6 Å². The molecule has 0 aliphatic carbocycles. The van der Waals surface area contributed by atoms with Crippen LogP contribution in [0.4, 0.5) is 5.69 Å². The second-order valence-corrected chi connectivity index (χ2v) is 5.94. The van der Waals surface area contributed by atoms with E-state index in [9.17, 15) is 4.79 Å². The van der Waals surface area contributed by atoms with Crippen molar-refractivity contribution in [3.05, 3.63) is 60.2 Å². The third kappa shape index (κ3) is 4.73. The van der Waals surface area contributed by atoms with Crippen molar-refractivity contribution in [2.24, 2.45) is 5.73 Å². The van der Waals surface area contributed by atoms with Crippen LogP contribution in [-0.2, 0) is 9.63 Å². The van der Waals surface area contributed by atoms with E-state index in [0.717, 1.165) is 18.8 Å². The summed E-state index contributed by atoms with van der Waals surface area (Å²) in [6.07, 6.45) is 0. The highest BCUT2D eigenvalue weighted by Crippen LogP contribution is 2.17. The Balaban J connectivity index is 1.43. The minimum Gasteiger partial charge on any atom is -0.482 e. The summed E-state index contributed by atoms with van der Waals surface area (Å²) >= 11 is 0. The van der Waals surface area contributed by atoms with Crippen molar-refractivity contribution in [1.29, 1.82) is 5.41 Å². The molecule has 0 atom stereocenters. The number of para-hydroxylation sites is 1. The lowest BCUT2D eigenvalue weighted by atomic mass is 10.1. The molecular formula is C19H22N4O3. The fourth-order valence-electron chi connectivity index (χ4n) is 2.72. The molecule has 2 aromatic rings. The molecule has 26 heavy (non-hydrogen) atoms. The highest BCUT2D eigenvalue weighted by Gasteiger charge is 2.20. The number of ether oxygens (including phenoxy) is 1. The Kier molecular flexibility index (Phi) is 5.70. The van der Waals surface area contributed by atoms with Gasteiger partial charge in [-0.1, -0.05) is 18.2 Å². The monoisotopic (exact) mass is 354 g/mol. The maximum absolute atomic E-state index is 11.9. The highest BCUT2D eigenvalue weighted by atomic mass is 16.7. The van der Waals surface area contributed by atoms with Crippen molar-refractivity contribution >= 4 is 17.5 Å². The van der Waals surface area contributed by atoms with Crippen LogP contribution in [0.2, 0.25) is 0 Å². The average molecular weight is 354 g/mol. The molecule has 1 aliphatic rings. The zero-order valence-electron chi connectivity index (χ0n) is 14.4. The molecule has 1 fully saturated rings. The van der Waals surface area contributed by atoms with Gasteiger partial charge in [-0.05, 0) is 36.4 Å². The van der Waals surface area contributed by atoms with Gasteiger partial charge in [-0.25, -0.2) is 4.79 Å². The zero-order valence-corrected chi connectivity index (χ0v) is 14.4. The first-order chi connectivity index (χ1) is 12.6. The predicted molar refractivity (Wildman–Crippen MR) is 99.3 cm³/mol. The van der Waals surface area contributed by atoms with E-state index in [0.29, 0.717) is 24.4 Å². The van der Waals surface area contributed by atoms with Crippen LogP contribution in [-0.4, -0.2) is 49.7 Å². The molecule has 0 aromatic heterocycles. The lowest BCUT2D eigenvalue weighted by Gasteiger charge is -2.34. The van der Waals surface area contributed by atoms with Gasteiger partial charge in [-0.15, -0.1) is 5.06 Å². The Morgan fingerprint density at radius 1 is 1.00 bits per heavy atom. The van der Waals surface area contributed by atoms with E-state index in [4.69, 9.17) is 20.7 Å². The summed E-state index contributed by atoms with van der Waals surface area (Å²) in [6, 6.07) is 16.8. The minimum atomic E-state index is -0.409. The van der Waals surface area contributed by atoms with Crippen molar-refractivity contribution in [2.45, 2.75) is 0 Å². The highest BCUT2D eigenvalue weighted by molar-refractivity contribution is 5.95. The number of carbonyl (C=O) groups excluding carboxylic acids is 1. The second kappa shape index (κ2) is 8.35. The van der Waals surface area contributed by atoms with Crippen LogP contribution in [0.1, 0.15) is 5.56 Å². The number of rotatable bonds is 6. The van der Waals surface area contributed by atoms with E-state index in [-0.39, 0.29) is 12.4 Å². The number of nitrogens with one attached hydrogen (secondary N) is 1. The second-order valence-electron chi connectivity index (χ2n) is 5.94. The molecule has 7 nitrogen and oxygen atoms in total. The van der Waals surface area contributed by atoms with Crippen molar-refractivity contribution < 1.29 is 14.4 Å². The van der Waals surface area contributed by atoms with Crippen LogP contribution in [0.3, 0.4) is 0 Å². The Morgan fingerprint density at radius 2 is 1.65 bits per heavy atom. The summed E-state index contributed by atoms with van der Waals surface area (Å²) in [6.45, 7) is 2.60. The van der Waals surface area contributed by atoms with E-state index < -0.39 is 5.97 Å². The summed E-state index contributed by atoms with van der Waals surface area (Å²) < 4.78 is 5.39. The van der Waals surface area contributed by atoms with Crippen LogP contribution in [0.15, 0.2) is 54.6 Å². The molecule has 0 spiro atoms. The molecule has 0 radical (unpaired) electrons. The van der Waals surface area contributed by atoms with Crippen LogP contribution in [0, 0.1) is 5.41 Å². The molecule has 2 aromatic carbocycles. The third-order valence-corrected chi connectivity index (χ3v) is 4.11. The largest absolute Gasteiger partial charge is 0.482 e. The third-order valence-electron chi connectivity index (χ3n) is 4.11. The van der Waals surface area contributed by atoms with Gasteiger partial charge >= 0.3 is 5.97 Å². The van der Waals surface area contributed by atoms with Crippen molar-refractivity contribution in [2.75, 3.05) is 37.7 Å². The molecule has 0 unspecified atom stereocenters. The van der Waals surface area contributed by atoms with Crippen LogP contribution < -0.4 is 15.4 Å². The zero-order chi connectivity index (χ0) is 18.4. The van der Waals surface area contributed by atoms with Crippen LogP contribution >= 0.6 is 0 Å². The van der Waals surface area contributed by atoms with Crippen molar-refractivity contribution in [3.8, 4) is 5.75 Å². The number of anilines is 1. The SMILES string of the molecule is N=C(N)c1ccc(N2CCN(OC(=O)COc3ccccc3)CC2)cc1. The molecule has 1 heterocycles. The van der Waals surface area contributed by atoms with E-state index >= 15 is 0 Å². The van der Waals surface area contributed by atoms with Gasteiger partial charge in [-0.2, -0.15) is 0 Å². The fourth-order valence-corrected chi connectivity index (χ4v) is 2.72. The van der Waals surface area contributed by atoms with Gasteiger partial charge in [0.05, 0.1) is 13.1 Å². The number of hydrogen-bond acceptors (Lipinski definition) is 6. The molecule has 7 heteroatoms. The van der Waals surface area contributed by atoms with Gasteiger partial charge < -0.3 is 20.2 Å². The van der Waals surface area contributed by atoms with Gasteiger partial charge in [0, 0.05) is 24.3 Å². The van der Waals surface area contributed by atoms with E-state index in [1.807, 2.05) is 42.5 Å². The number of nitrogens with zero attached hydrogens (tertiary/aromatic N) is 2. The average Bonchev–Trinajstić information content (AvgIpc) is 2.68. The number of nitrogen functional groups attached to an aromatic ring is 1. The van der Waals surface area contributed by atoms with Gasteiger partial charge in [0.2, 0.25) is 0 Å². The summed E-state index contributed by atoms with van der Waals surface area (Å²) in [5.74, 6) is 0.294. The van der Waals surface area contributed by atoms with E-state index in [1.165, 1.54) is 0 Å². The lowest BCUT2D eigenvalue weighted by molar-refractivity contribution is -0.193. The summed E-state index contributed by atoms with van der Waals surface area (Å²) in [5, 5.41) is 9.09. The Hall–Kier alpha value is -3.06. The number of amidine groups is 1. The number of hydroxylamine groups is 2. The first-order valence-electron chi connectivity index (χ1n) is 8.45. The lowest BCUT2D eigenvalue weighted by Crippen LogP contribution is -2.47. The Bertz CT molecular complexity index is 741. The van der Waals surface area contributed by atoms with Crippen LogP contribution in [0.5, 0.6) is 5.75 Å². The summed E-state index contributed by atoms with van der Waals surface area (Å²) in [7, 11) is 0. The molecule has 0 amide bonds. The molecule has 136 valence electrons. The van der Waals surface area contributed by atoms with Crippen molar-refractivity contribution in [3.63, 3.8) is 0 Å². The maximum atomic E-state index is 11.9. The smallest absolute Gasteiger partial charge is 0.362 e. The van der Waals surface area contributed by atoms with Gasteiger partial charge in [0.25, 0.3) is 0 Å². The number of piperazine rings is 1. The number of carbonyl (C=O) groups is 1. The topological polar surface area (TPSA) is 91.9 Å². The minimum absolute atomic E-state index is 0.0611. The number of benzene rings is 2. The maximum Gasteiger partial charge on any atom is 0.362 e. The first kappa shape index (κ1) is 17.8. The fraction of sp³-hybridized carbons (Fsp3) is 0.263. The Morgan fingerprint density at radius 3 is 2.27 bits per heavy atom. The molecule has 3 N–H and O–H groups in total. The molecule has 1 saturated heterocycles. The molecule has 0 saturated carbocycles. The molecular weight excluding hydrogens is 332 g/mol. The Labute approximate surface area is 152 Å². The first-order valence-corrected chi connectivity index (χ1v) is 8.45. The van der Waals surface area contributed by atoms with E-state index in [2.05, 4.69) is 4.90 Å². The van der Waals surface area contributed by atoms with Gasteiger partial charge in [0.15, 0.2) is 6.61 Å². The summed E-state index contributed by atoms with van der Waals surface area (Å²) in [5.41, 5.74) is 7.24. The van der Waals surface area contributed by atoms with Crippen molar-refractivity contribution in [1.82, 2.24) is 5.06 Å². The van der Waals surface area contributed by atoms with E-state index in [1.54, 1.807) is 17.2 Å². The predicted octanol–water partition coefficient (Wildman–Crippen LogP) is 1.63. The molecule has 0 bridgehead atoms. The number of hydrogen-bond donors (Lipinski definition) is 2. The molecule has 1 aliphatic heterocycles. The van der Waals surface area contributed by atoms with Gasteiger partial charge in [-0.3, -0.25) is 5.41 Å². The summed E-state index contributed by atoms with van der Waals surface area (Å²) in [4.78, 5) is 19.5. The quantitative estimate of drug-likeness (QED) is 0.605. The normalized spacial score (nSPS) is 14.7. The van der Waals surface area contributed by atoms with Crippen LogP contribution in [0.25, 0.3) is 0 Å². The molecule has 3 rings (SSSR count).